The van der Waals surface area contributed by atoms with Crippen molar-refractivity contribution in [3.63, 3.8) is 0 Å². The Bertz CT molecular complexity index is 672. The van der Waals surface area contributed by atoms with E-state index < -0.39 is 23.1 Å². The summed E-state index contributed by atoms with van der Waals surface area (Å²) in [5.74, 6) is -0.504. The molecule has 0 aliphatic carbocycles. The first-order valence-corrected chi connectivity index (χ1v) is 5.61. The Kier molecular flexibility index (Phi) is 3.69. The van der Waals surface area contributed by atoms with Gasteiger partial charge in [0.1, 0.15) is 0 Å². The zero-order chi connectivity index (χ0) is 14.8. The summed E-state index contributed by atoms with van der Waals surface area (Å²) in [5.41, 5.74) is -1.06. The maximum atomic E-state index is 12.5. The molecule has 0 bridgehead atoms. The highest BCUT2D eigenvalue weighted by Gasteiger charge is 2.30. The van der Waals surface area contributed by atoms with Gasteiger partial charge in [0.25, 0.3) is 5.56 Å². The minimum absolute atomic E-state index is 0.0483. The molecule has 7 heteroatoms. The monoisotopic (exact) mass is 282 g/mol. The second-order valence-corrected chi connectivity index (χ2v) is 4.09. The van der Waals surface area contributed by atoms with Crippen molar-refractivity contribution in [2.24, 2.45) is 0 Å². The Balaban J connectivity index is 2.21. The minimum Gasteiger partial charge on any atom is -0.294 e. The van der Waals surface area contributed by atoms with Crippen molar-refractivity contribution in [1.82, 2.24) is 10.2 Å². The SMILES string of the molecule is O=C(Cc1ccc(=O)[nH]n1)c1cccc(C(F)(F)F)c1. The van der Waals surface area contributed by atoms with Crippen molar-refractivity contribution >= 4 is 5.78 Å². The number of H-pyrrole nitrogens is 1. The molecule has 1 aromatic carbocycles. The van der Waals surface area contributed by atoms with E-state index in [4.69, 9.17) is 0 Å². The molecule has 0 amide bonds. The first kappa shape index (κ1) is 14.0. The summed E-state index contributed by atoms with van der Waals surface area (Å²) in [6.45, 7) is 0. The number of ketones is 1. The predicted octanol–water partition coefficient (Wildman–Crippen LogP) is 2.21. The molecule has 0 fully saturated rings. The van der Waals surface area contributed by atoms with E-state index in [-0.39, 0.29) is 17.7 Å². The second kappa shape index (κ2) is 5.28. The van der Waals surface area contributed by atoms with Crippen molar-refractivity contribution in [2.75, 3.05) is 0 Å². The van der Waals surface area contributed by atoms with Crippen LogP contribution in [-0.2, 0) is 12.6 Å². The molecule has 2 aromatic rings. The summed E-state index contributed by atoms with van der Waals surface area (Å²) in [6, 6.07) is 6.73. The number of hydrogen-bond acceptors (Lipinski definition) is 3. The largest absolute Gasteiger partial charge is 0.416 e. The van der Waals surface area contributed by atoms with Crippen LogP contribution in [0.3, 0.4) is 0 Å². The molecule has 1 heterocycles. The van der Waals surface area contributed by atoms with Crippen LogP contribution in [-0.4, -0.2) is 16.0 Å². The highest BCUT2D eigenvalue weighted by Crippen LogP contribution is 2.29. The number of aromatic amines is 1. The molecule has 2 rings (SSSR count). The number of carbonyl (C=O) groups excluding carboxylic acids is 1. The van der Waals surface area contributed by atoms with E-state index >= 15 is 0 Å². The number of nitrogens with zero attached hydrogens (tertiary/aromatic N) is 1. The van der Waals surface area contributed by atoms with E-state index in [0.717, 1.165) is 12.1 Å². The Morgan fingerprint density at radius 2 is 1.95 bits per heavy atom. The van der Waals surface area contributed by atoms with Gasteiger partial charge in [0.05, 0.1) is 17.7 Å². The highest BCUT2D eigenvalue weighted by atomic mass is 19.4. The van der Waals surface area contributed by atoms with Gasteiger partial charge in [-0.2, -0.15) is 18.3 Å². The van der Waals surface area contributed by atoms with Crippen LogP contribution >= 0.6 is 0 Å². The smallest absolute Gasteiger partial charge is 0.294 e. The average molecular weight is 282 g/mol. The molecule has 0 radical (unpaired) electrons. The van der Waals surface area contributed by atoms with Gasteiger partial charge in [-0.25, -0.2) is 5.10 Å². The molecule has 20 heavy (non-hydrogen) atoms. The number of aromatic nitrogens is 2. The fraction of sp³-hybridized carbons (Fsp3) is 0.154. The molecule has 1 N–H and O–H groups in total. The molecule has 104 valence electrons. The molecule has 1 aromatic heterocycles. The lowest BCUT2D eigenvalue weighted by molar-refractivity contribution is -0.137. The van der Waals surface area contributed by atoms with Crippen LogP contribution in [0.15, 0.2) is 41.2 Å². The fourth-order valence-corrected chi connectivity index (χ4v) is 1.61. The van der Waals surface area contributed by atoms with Crippen LogP contribution < -0.4 is 5.56 Å². The summed E-state index contributed by atoms with van der Waals surface area (Å²) in [4.78, 5) is 22.7. The Morgan fingerprint density at radius 1 is 1.20 bits per heavy atom. The maximum Gasteiger partial charge on any atom is 0.416 e. The van der Waals surface area contributed by atoms with Crippen LogP contribution in [0.5, 0.6) is 0 Å². The zero-order valence-electron chi connectivity index (χ0n) is 10.1. The van der Waals surface area contributed by atoms with Gasteiger partial charge in [-0.1, -0.05) is 12.1 Å². The number of rotatable bonds is 3. The molecule has 0 saturated heterocycles. The van der Waals surface area contributed by atoms with E-state index in [0.29, 0.717) is 0 Å². The van der Waals surface area contributed by atoms with Gasteiger partial charge in [0.15, 0.2) is 5.78 Å². The average Bonchev–Trinajstić information content (AvgIpc) is 2.40. The van der Waals surface area contributed by atoms with E-state index in [2.05, 4.69) is 10.2 Å². The summed E-state index contributed by atoms with van der Waals surface area (Å²) < 4.78 is 37.6. The normalized spacial score (nSPS) is 11.3. The lowest BCUT2D eigenvalue weighted by atomic mass is 10.0. The van der Waals surface area contributed by atoms with Crippen LogP contribution in [0.2, 0.25) is 0 Å². The van der Waals surface area contributed by atoms with Gasteiger partial charge in [0.2, 0.25) is 0 Å². The maximum absolute atomic E-state index is 12.5. The van der Waals surface area contributed by atoms with Crippen molar-refractivity contribution in [3.8, 4) is 0 Å². The van der Waals surface area contributed by atoms with Crippen molar-refractivity contribution < 1.29 is 18.0 Å². The summed E-state index contributed by atoms with van der Waals surface area (Å²) in [5, 5.41) is 5.79. The van der Waals surface area contributed by atoms with E-state index in [1.165, 1.54) is 24.3 Å². The Labute approximate surface area is 111 Å². The Morgan fingerprint density at radius 3 is 2.55 bits per heavy atom. The highest BCUT2D eigenvalue weighted by molar-refractivity contribution is 5.97. The number of carbonyl (C=O) groups is 1. The molecule has 0 aliphatic heterocycles. The first-order valence-electron chi connectivity index (χ1n) is 5.61. The van der Waals surface area contributed by atoms with Crippen LogP contribution in [0.25, 0.3) is 0 Å². The number of alkyl halides is 3. The molecule has 0 unspecified atom stereocenters. The predicted molar refractivity (Wildman–Crippen MR) is 64.3 cm³/mol. The van der Waals surface area contributed by atoms with Gasteiger partial charge >= 0.3 is 6.18 Å². The molecule has 0 spiro atoms. The van der Waals surface area contributed by atoms with Gasteiger partial charge in [-0.15, -0.1) is 0 Å². The quantitative estimate of drug-likeness (QED) is 0.878. The third-order valence-electron chi connectivity index (χ3n) is 2.59. The Hall–Kier alpha value is -2.44. The lowest BCUT2D eigenvalue weighted by Gasteiger charge is -2.08. The third kappa shape index (κ3) is 3.31. The summed E-state index contributed by atoms with van der Waals surface area (Å²) >= 11 is 0. The third-order valence-corrected chi connectivity index (χ3v) is 2.59. The first-order chi connectivity index (χ1) is 9.36. The molecular formula is C13H9F3N2O2. The van der Waals surface area contributed by atoms with Crippen LogP contribution in [0, 0.1) is 0 Å². The van der Waals surface area contributed by atoms with Crippen LogP contribution in [0.1, 0.15) is 21.6 Å². The number of Topliss-reactive ketones (excluding diaryl/α,β-unsaturated/α-hetero) is 1. The standard InChI is InChI=1S/C13H9F3N2O2/c14-13(15,16)9-3-1-2-8(6-9)11(19)7-10-4-5-12(20)18-17-10/h1-6H,7H2,(H,18,20). The van der Waals surface area contributed by atoms with Gasteiger partial charge < -0.3 is 0 Å². The van der Waals surface area contributed by atoms with E-state index in [1.54, 1.807) is 0 Å². The molecular weight excluding hydrogens is 273 g/mol. The van der Waals surface area contributed by atoms with Gasteiger partial charge in [0, 0.05) is 11.6 Å². The minimum atomic E-state index is -4.49. The number of hydrogen-bond donors (Lipinski definition) is 1. The van der Waals surface area contributed by atoms with Gasteiger partial charge in [-0.05, 0) is 18.2 Å². The lowest BCUT2D eigenvalue weighted by Crippen LogP contribution is -2.12. The van der Waals surface area contributed by atoms with E-state index in [9.17, 15) is 22.8 Å². The van der Waals surface area contributed by atoms with Gasteiger partial charge in [-0.3, -0.25) is 9.59 Å². The zero-order valence-corrected chi connectivity index (χ0v) is 10.1. The van der Waals surface area contributed by atoms with Crippen molar-refractivity contribution in [3.05, 3.63) is 63.6 Å². The number of nitrogens with one attached hydrogen (secondary N) is 1. The number of benzene rings is 1. The number of halogens is 3. The fourth-order valence-electron chi connectivity index (χ4n) is 1.61. The molecule has 0 aliphatic rings. The summed E-state index contributed by atoms with van der Waals surface area (Å²) in [7, 11) is 0. The molecule has 4 nitrogen and oxygen atoms in total. The van der Waals surface area contributed by atoms with Crippen molar-refractivity contribution in [1.29, 1.82) is 0 Å². The topological polar surface area (TPSA) is 62.8 Å². The van der Waals surface area contributed by atoms with E-state index in [1.807, 2.05) is 0 Å². The molecule has 0 saturated carbocycles. The molecule has 0 atom stereocenters. The van der Waals surface area contributed by atoms with Crippen LogP contribution in [0.4, 0.5) is 13.2 Å². The second-order valence-electron chi connectivity index (χ2n) is 4.09. The summed E-state index contributed by atoms with van der Waals surface area (Å²) in [6.07, 6.45) is -4.68. The van der Waals surface area contributed by atoms with Crippen molar-refractivity contribution in [2.45, 2.75) is 12.6 Å².